The Bertz CT molecular complexity index is 573. The van der Waals surface area contributed by atoms with Gasteiger partial charge in [0.2, 0.25) is 10.0 Å². The Balaban J connectivity index is 3.36. The summed E-state index contributed by atoms with van der Waals surface area (Å²) in [6.07, 6.45) is 2.49. The number of para-hydroxylation sites is 1. The number of carbonyl (C=O) groups excluding carboxylic acids is 1. The van der Waals surface area contributed by atoms with Crippen molar-refractivity contribution in [3.8, 4) is 0 Å². The van der Waals surface area contributed by atoms with E-state index in [1.165, 1.54) is 0 Å². The second-order valence-corrected chi connectivity index (χ2v) is 6.61. The van der Waals surface area contributed by atoms with E-state index in [1.807, 2.05) is 32.0 Å². The molecule has 0 fully saturated rings. The number of hydrogen-bond donors (Lipinski definition) is 0. The zero-order valence-electron chi connectivity index (χ0n) is 13.0. The average Bonchev–Trinajstić information content (AvgIpc) is 2.43. The molecule has 0 radical (unpaired) electrons. The largest absolute Gasteiger partial charge is 0.465 e. The van der Waals surface area contributed by atoms with Crippen LogP contribution in [0.5, 0.6) is 0 Å². The second kappa shape index (κ2) is 7.45. The summed E-state index contributed by atoms with van der Waals surface area (Å²) in [5.74, 6) is -0.545. The number of rotatable bonds is 7. The predicted octanol–water partition coefficient (Wildman–Crippen LogP) is 2.14. The zero-order chi connectivity index (χ0) is 16.0. The molecule has 0 atom stereocenters. The molecule has 0 saturated carbocycles. The Morgan fingerprint density at radius 3 is 2.05 bits per heavy atom. The molecule has 0 saturated heterocycles. The van der Waals surface area contributed by atoms with Gasteiger partial charge in [0.1, 0.15) is 6.54 Å². The van der Waals surface area contributed by atoms with Crippen LogP contribution in [0, 0.1) is 0 Å². The van der Waals surface area contributed by atoms with Crippen molar-refractivity contribution in [3.05, 3.63) is 29.3 Å². The molecule has 0 bridgehead atoms. The van der Waals surface area contributed by atoms with E-state index in [1.54, 1.807) is 6.92 Å². The molecule has 21 heavy (non-hydrogen) atoms. The van der Waals surface area contributed by atoms with Gasteiger partial charge in [-0.05, 0) is 30.9 Å². The molecule has 0 aromatic heterocycles. The van der Waals surface area contributed by atoms with Gasteiger partial charge >= 0.3 is 5.97 Å². The minimum absolute atomic E-state index is 0.229. The monoisotopic (exact) mass is 313 g/mol. The summed E-state index contributed by atoms with van der Waals surface area (Å²) in [5, 5.41) is 0. The lowest BCUT2D eigenvalue weighted by Gasteiger charge is -2.26. The summed E-state index contributed by atoms with van der Waals surface area (Å²) in [6, 6.07) is 5.68. The van der Waals surface area contributed by atoms with Crippen LogP contribution in [0.2, 0.25) is 0 Å². The molecule has 0 spiro atoms. The maximum atomic E-state index is 12.1. The maximum Gasteiger partial charge on any atom is 0.326 e. The van der Waals surface area contributed by atoms with Crippen molar-refractivity contribution in [2.45, 2.75) is 33.6 Å². The third-order valence-electron chi connectivity index (χ3n) is 3.19. The molecule has 0 unspecified atom stereocenters. The molecular formula is C15H23NO4S. The smallest absolute Gasteiger partial charge is 0.326 e. The average molecular weight is 313 g/mol. The molecule has 0 aliphatic rings. The summed E-state index contributed by atoms with van der Waals surface area (Å²) in [6.45, 7) is 5.55. The van der Waals surface area contributed by atoms with Crippen molar-refractivity contribution >= 4 is 21.7 Å². The first-order valence-electron chi connectivity index (χ1n) is 7.09. The minimum Gasteiger partial charge on any atom is -0.465 e. The van der Waals surface area contributed by atoms with Crippen LogP contribution in [0.25, 0.3) is 0 Å². The van der Waals surface area contributed by atoms with Crippen LogP contribution >= 0.6 is 0 Å². The van der Waals surface area contributed by atoms with E-state index in [4.69, 9.17) is 4.74 Å². The fraction of sp³-hybridized carbons (Fsp3) is 0.533. The lowest BCUT2D eigenvalue weighted by molar-refractivity contribution is -0.141. The van der Waals surface area contributed by atoms with Gasteiger partial charge < -0.3 is 4.74 Å². The van der Waals surface area contributed by atoms with Crippen molar-refractivity contribution < 1.29 is 17.9 Å². The summed E-state index contributed by atoms with van der Waals surface area (Å²) < 4.78 is 30.3. The number of nitrogens with zero attached hydrogens (tertiary/aromatic N) is 1. The van der Waals surface area contributed by atoms with Gasteiger partial charge in [0.25, 0.3) is 0 Å². The van der Waals surface area contributed by atoms with E-state index in [0.29, 0.717) is 18.5 Å². The highest BCUT2D eigenvalue weighted by Crippen LogP contribution is 2.28. The minimum atomic E-state index is -3.56. The highest BCUT2D eigenvalue weighted by atomic mass is 32.2. The maximum absolute atomic E-state index is 12.1. The van der Waals surface area contributed by atoms with Gasteiger partial charge in [0.05, 0.1) is 18.6 Å². The van der Waals surface area contributed by atoms with Crippen molar-refractivity contribution in [2.75, 3.05) is 23.7 Å². The van der Waals surface area contributed by atoms with Crippen LogP contribution in [0.15, 0.2) is 18.2 Å². The highest BCUT2D eigenvalue weighted by Gasteiger charge is 2.25. The first-order chi connectivity index (χ1) is 9.85. The van der Waals surface area contributed by atoms with E-state index in [2.05, 4.69) is 0 Å². The summed E-state index contributed by atoms with van der Waals surface area (Å²) in [7, 11) is -3.56. The van der Waals surface area contributed by atoms with Crippen molar-refractivity contribution in [1.82, 2.24) is 0 Å². The van der Waals surface area contributed by atoms with Gasteiger partial charge in [0, 0.05) is 0 Å². The zero-order valence-corrected chi connectivity index (χ0v) is 13.9. The number of hydrogen-bond acceptors (Lipinski definition) is 4. The van der Waals surface area contributed by atoms with Crippen LogP contribution in [0.1, 0.15) is 31.9 Å². The van der Waals surface area contributed by atoms with Gasteiger partial charge in [-0.3, -0.25) is 9.10 Å². The van der Waals surface area contributed by atoms with E-state index in [0.717, 1.165) is 21.7 Å². The Hall–Kier alpha value is -1.56. The molecule has 0 heterocycles. The number of sulfonamides is 1. The highest BCUT2D eigenvalue weighted by molar-refractivity contribution is 7.92. The topological polar surface area (TPSA) is 63.7 Å². The van der Waals surface area contributed by atoms with Crippen molar-refractivity contribution in [1.29, 1.82) is 0 Å². The molecule has 0 aliphatic heterocycles. The predicted molar refractivity (Wildman–Crippen MR) is 84.0 cm³/mol. The Kier molecular flexibility index (Phi) is 6.20. The molecule has 1 aromatic carbocycles. The first kappa shape index (κ1) is 17.5. The number of aryl methyl sites for hydroxylation is 2. The normalized spacial score (nSPS) is 11.2. The Labute approximate surface area is 127 Å². The van der Waals surface area contributed by atoms with Gasteiger partial charge in [-0.1, -0.05) is 32.0 Å². The standard InChI is InChI=1S/C15H23NO4S/c1-5-12-9-8-10-13(6-2)15(12)16(21(4,18)19)11-14(17)20-7-3/h8-10H,5-7,11H2,1-4H3. The summed E-state index contributed by atoms with van der Waals surface area (Å²) in [4.78, 5) is 11.7. The molecule has 5 nitrogen and oxygen atoms in total. The number of carbonyl (C=O) groups is 1. The Morgan fingerprint density at radius 2 is 1.67 bits per heavy atom. The van der Waals surface area contributed by atoms with E-state index in [-0.39, 0.29) is 13.2 Å². The van der Waals surface area contributed by atoms with Crippen LogP contribution in [0.4, 0.5) is 5.69 Å². The molecule has 0 amide bonds. The number of esters is 1. The van der Waals surface area contributed by atoms with Gasteiger partial charge in [-0.25, -0.2) is 8.42 Å². The fourth-order valence-electron chi connectivity index (χ4n) is 2.22. The SMILES string of the molecule is CCOC(=O)CN(c1c(CC)cccc1CC)S(C)(=O)=O. The van der Waals surface area contributed by atoms with Crippen LogP contribution in [0.3, 0.4) is 0 Å². The second-order valence-electron chi connectivity index (χ2n) is 4.71. The molecular weight excluding hydrogens is 290 g/mol. The quantitative estimate of drug-likeness (QED) is 0.724. The third-order valence-corrected chi connectivity index (χ3v) is 4.31. The molecule has 0 N–H and O–H groups in total. The molecule has 1 aromatic rings. The lowest BCUT2D eigenvalue weighted by Crippen LogP contribution is -2.37. The number of benzene rings is 1. The first-order valence-corrected chi connectivity index (χ1v) is 8.94. The summed E-state index contributed by atoms with van der Waals surface area (Å²) >= 11 is 0. The van der Waals surface area contributed by atoms with Gasteiger partial charge in [0.15, 0.2) is 0 Å². The van der Waals surface area contributed by atoms with Crippen molar-refractivity contribution in [3.63, 3.8) is 0 Å². The summed E-state index contributed by atoms with van der Waals surface area (Å²) in [5.41, 5.74) is 2.42. The molecule has 1 rings (SSSR count). The Morgan fingerprint density at radius 1 is 1.14 bits per heavy atom. The van der Waals surface area contributed by atoms with Crippen LogP contribution in [-0.2, 0) is 32.4 Å². The molecule has 118 valence electrons. The number of ether oxygens (including phenoxy) is 1. The van der Waals surface area contributed by atoms with Crippen LogP contribution in [-0.4, -0.2) is 33.8 Å². The van der Waals surface area contributed by atoms with Crippen LogP contribution < -0.4 is 4.31 Å². The van der Waals surface area contributed by atoms with Gasteiger partial charge in [-0.15, -0.1) is 0 Å². The van der Waals surface area contributed by atoms with E-state index in [9.17, 15) is 13.2 Å². The number of anilines is 1. The lowest BCUT2D eigenvalue weighted by atomic mass is 10.0. The molecule has 0 aliphatic carbocycles. The molecule has 6 heteroatoms. The van der Waals surface area contributed by atoms with Gasteiger partial charge in [-0.2, -0.15) is 0 Å². The fourth-order valence-corrected chi connectivity index (χ4v) is 3.13. The van der Waals surface area contributed by atoms with E-state index >= 15 is 0 Å². The van der Waals surface area contributed by atoms with E-state index < -0.39 is 16.0 Å². The van der Waals surface area contributed by atoms with Crippen molar-refractivity contribution in [2.24, 2.45) is 0 Å². The third kappa shape index (κ3) is 4.46.